The van der Waals surface area contributed by atoms with Gasteiger partial charge in [0.1, 0.15) is 48.1 Å². The Morgan fingerprint density at radius 2 is 1.14 bits per heavy atom. The monoisotopic (exact) mass is 1170 g/mol. The number of halogens is 3. The summed E-state index contributed by atoms with van der Waals surface area (Å²) in [5, 5.41) is 91.9. The standard InChI is InChI=1S/C7H6Cl2N4.C7H8N4O2.C7H9N3O5.C7H11N3O3.C6H6ClN3O4.C4H3N3O4/c8-1-2-13-6-5(3-12-13)10-4-11-7(6)9;12-2-1-11-6-5(3-10-11)8-4-9-7(6)13;1-15-7(12)6-5(10(13)14)4-8-9(6)2-3-11;1-13-7(12)6-5(8)4-9-10(6)2-3-11;7-1-2-14-6(11)5-4(10(12)13)3-8-9-5;8-4(9)3-2(7(10)11)1-5-6-3/h3-4H,1-2H2;3-4,12H,1-2H2,(H,8,9,13);4,11H,2-3H2,1H3;4,11H,2-3,8H2,1H3;3H,1-2H2,(H,8,9);1H,(H,5,6)(H,8,9). The highest BCUT2D eigenvalue weighted by molar-refractivity contribution is 6.33. The number of aliphatic hydroxyl groups is 3. The molecule has 0 bridgehead atoms. The van der Waals surface area contributed by atoms with Crippen molar-refractivity contribution in [2.24, 2.45) is 0 Å². The summed E-state index contributed by atoms with van der Waals surface area (Å²) in [5.41, 5.74) is 5.66. The van der Waals surface area contributed by atoms with Gasteiger partial charge < -0.3 is 45.4 Å². The van der Waals surface area contributed by atoms with Gasteiger partial charge in [-0.25, -0.2) is 38.8 Å². The topological polar surface area (TPSA) is 532 Å². The van der Waals surface area contributed by atoms with E-state index in [1.54, 1.807) is 10.9 Å². The van der Waals surface area contributed by atoms with Crippen LogP contribution in [0.25, 0.3) is 22.1 Å². The van der Waals surface area contributed by atoms with E-state index in [1.807, 2.05) is 5.10 Å². The van der Waals surface area contributed by atoms with Crippen molar-refractivity contribution < 1.29 is 68.6 Å². The van der Waals surface area contributed by atoms with E-state index >= 15 is 0 Å². The van der Waals surface area contributed by atoms with Crippen molar-refractivity contribution in [3.8, 4) is 0 Å². The highest BCUT2D eigenvalue weighted by Gasteiger charge is 2.28. The summed E-state index contributed by atoms with van der Waals surface area (Å²) in [4.78, 5) is 98.0. The van der Waals surface area contributed by atoms with Crippen molar-refractivity contribution >= 4 is 103 Å². The molecule has 0 atom stereocenters. The van der Waals surface area contributed by atoms with Crippen molar-refractivity contribution in [3.63, 3.8) is 0 Å². The summed E-state index contributed by atoms with van der Waals surface area (Å²) >= 11 is 16.8. The number of aliphatic hydroxyl groups excluding tert-OH is 3. The molecule has 0 aromatic carbocycles. The number of rotatable bonds is 17. The molecule has 0 unspecified atom stereocenters. The lowest BCUT2D eigenvalue weighted by Gasteiger charge is -2.03. The van der Waals surface area contributed by atoms with E-state index in [1.165, 1.54) is 41.5 Å². The Kier molecular flexibility index (Phi) is 25.8. The van der Waals surface area contributed by atoms with E-state index in [0.29, 0.717) is 35.2 Å². The lowest BCUT2D eigenvalue weighted by Crippen LogP contribution is -2.15. The van der Waals surface area contributed by atoms with Gasteiger partial charge in [0.05, 0.1) is 111 Å². The molecule has 0 radical (unpaired) electrons. The van der Waals surface area contributed by atoms with E-state index in [2.05, 4.69) is 69.8 Å². The number of nitrogens with zero attached hydrogens (tertiary/aromatic N) is 16. The molecule has 0 aliphatic heterocycles. The fraction of sp³-hybridized carbons (Fsp3) is 0.316. The van der Waals surface area contributed by atoms with Crippen LogP contribution in [0, 0.1) is 30.3 Å². The Labute approximate surface area is 453 Å². The van der Waals surface area contributed by atoms with Crippen LogP contribution >= 0.6 is 34.8 Å². The van der Waals surface area contributed by atoms with Crippen LogP contribution in [0.3, 0.4) is 0 Å². The smallest absolute Gasteiger partial charge is 0.363 e. The first-order valence-corrected chi connectivity index (χ1v) is 22.8. The summed E-state index contributed by atoms with van der Waals surface area (Å²) in [7, 11) is 2.38. The second kappa shape index (κ2) is 32.1. The second-order valence-electron chi connectivity index (χ2n) is 13.9. The van der Waals surface area contributed by atoms with Gasteiger partial charge in [-0.2, -0.15) is 30.6 Å². The number of nitrogens with one attached hydrogen (secondary N) is 3. The molecule has 41 heteroatoms. The third kappa shape index (κ3) is 17.7. The molecule has 8 heterocycles. The number of nitro groups is 3. The predicted octanol–water partition coefficient (Wildman–Crippen LogP) is 0.374. The van der Waals surface area contributed by atoms with Crippen molar-refractivity contribution in [2.75, 3.05) is 58.1 Å². The normalized spacial score (nSPS) is 10.2. The first-order chi connectivity index (χ1) is 37.8. The average Bonchev–Trinajstić information content (AvgIpc) is 4.33. The van der Waals surface area contributed by atoms with Gasteiger partial charge >= 0.3 is 40.9 Å². The van der Waals surface area contributed by atoms with Gasteiger partial charge in [-0.15, -0.1) is 23.2 Å². The van der Waals surface area contributed by atoms with E-state index in [4.69, 9.17) is 61.0 Å². The SMILES string of the molecule is COC(=O)c1c(N)cnn1CCO.COC(=O)c1c([N+](=O)[O-])cnn1CCO.ClCCn1ncc2ncnc(Cl)c21.O=C(O)c1[nH]ncc1[N+](=O)[O-].O=C(OCCCl)c1[nH]ncc1[N+](=O)[O-].O=c1[nH]cnc2cnn(CCO)c12. The number of carbonyl (C=O) groups is 4. The van der Waals surface area contributed by atoms with Crippen molar-refractivity contribution in [3.05, 3.63) is 118 Å². The summed E-state index contributed by atoms with van der Waals surface area (Å²) in [6.07, 6.45) is 9.98. The van der Waals surface area contributed by atoms with Crippen LogP contribution < -0.4 is 11.3 Å². The minimum Gasteiger partial charge on any atom is -0.476 e. The van der Waals surface area contributed by atoms with Crippen LogP contribution in [-0.4, -0.2) is 191 Å². The van der Waals surface area contributed by atoms with Crippen LogP contribution in [0.15, 0.2) is 54.6 Å². The van der Waals surface area contributed by atoms with Crippen molar-refractivity contribution in [1.29, 1.82) is 0 Å². The third-order valence-electron chi connectivity index (χ3n) is 9.05. The van der Waals surface area contributed by atoms with E-state index in [9.17, 15) is 54.3 Å². The number of aromatic amines is 3. The van der Waals surface area contributed by atoms with Gasteiger partial charge in [-0.3, -0.25) is 59.4 Å². The fourth-order valence-electron chi connectivity index (χ4n) is 5.74. The number of nitrogens with two attached hydrogens (primary N) is 1. The predicted molar refractivity (Wildman–Crippen MR) is 267 cm³/mol. The maximum absolute atomic E-state index is 11.3. The zero-order valence-corrected chi connectivity index (χ0v) is 42.8. The Hall–Kier alpha value is -9.63. The Balaban J connectivity index is 0.000000250. The quantitative estimate of drug-likeness (QED) is 0.0152. The highest BCUT2D eigenvalue weighted by atomic mass is 35.5. The molecular weight excluding hydrogens is 1130 g/mol. The van der Waals surface area contributed by atoms with E-state index in [0.717, 1.165) is 41.4 Å². The number of methoxy groups -OCH3 is 2. The first-order valence-electron chi connectivity index (χ1n) is 21.4. The molecule has 0 amide bonds. The lowest BCUT2D eigenvalue weighted by atomic mass is 10.3. The average molecular weight is 1170 g/mol. The molecule has 9 N–H and O–H groups in total. The maximum atomic E-state index is 11.3. The number of esters is 3. The Morgan fingerprint density at radius 3 is 1.66 bits per heavy atom. The van der Waals surface area contributed by atoms with Crippen LogP contribution in [0.4, 0.5) is 22.7 Å². The molecule has 0 saturated carbocycles. The number of hydrogen-bond acceptors (Lipinski definition) is 27. The Morgan fingerprint density at radius 1 is 0.646 bits per heavy atom. The molecule has 8 rings (SSSR count). The van der Waals surface area contributed by atoms with Gasteiger partial charge in [0.15, 0.2) is 16.4 Å². The number of H-pyrrole nitrogens is 3. The van der Waals surface area contributed by atoms with Crippen LogP contribution in [0.2, 0.25) is 5.15 Å². The van der Waals surface area contributed by atoms with E-state index < -0.39 is 61.4 Å². The van der Waals surface area contributed by atoms with Gasteiger partial charge in [-0.1, -0.05) is 11.6 Å². The number of alkyl halides is 2. The van der Waals surface area contributed by atoms with Crippen LogP contribution in [0.5, 0.6) is 0 Å². The number of aromatic carboxylic acids is 1. The summed E-state index contributed by atoms with van der Waals surface area (Å²) in [6, 6.07) is 0. The van der Waals surface area contributed by atoms with Gasteiger partial charge in [0.25, 0.3) is 5.56 Å². The second-order valence-corrected chi connectivity index (χ2v) is 15.0. The molecule has 0 fully saturated rings. The van der Waals surface area contributed by atoms with Gasteiger partial charge in [0.2, 0.25) is 17.1 Å². The molecule has 424 valence electrons. The first kappa shape index (κ1) is 63.7. The highest BCUT2D eigenvalue weighted by Crippen LogP contribution is 2.20. The molecule has 79 heavy (non-hydrogen) atoms. The minimum atomic E-state index is -1.39. The number of carboxylic acid groups (broad SMARTS) is 1. The maximum Gasteiger partial charge on any atom is 0.363 e. The molecule has 0 saturated heterocycles. The molecule has 0 aliphatic rings. The molecule has 8 aromatic rings. The van der Waals surface area contributed by atoms with Crippen LogP contribution in [0.1, 0.15) is 42.0 Å². The lowest BCUT2D eigenvalue weighted by molar-refractivity contribution is -0.385. The zero-order chi connectivity index (χ0) is 58.8. The van der Waals surface area contributed by atoms with Crippen molar-refractivity contribution in [2.45, 2.75) is 26.2 Å². The fourth-order valence-corrected chi connectivity index (χ4v) is 6.22. The minimum absolute atomic E-state index is 0.00171. The molecule has 8 aromatic heterocycles. The van der Waals surface area contributed by atoms with Gasteiger partial charge in [-0.05, 0) is 0 Å². The van der Waals surface area contributed by atoms with Gasteiger partial charge in [0, 0.05) is 5.88 Å². The Bertz CT molecular complexity index is 3360. The molecular formula is C38H43Cl3N20O18. The molecule has 0 spiro atoms. The van der Waals surface area contributed by atoms with Crippen LogP contribution in [-0.2, 0) is 40.4 Å². The van der Waals surface area contributed by atoms with Crippen molar-refractivity contribution in [1.82, 2.24) is 79.5 Å². The number of aryl methyl sites for hydroxylation is 1. The zero-order valence-electron chi connectivity index (χ0n) is 40.6. The summed E-state index contributed by atoms with van der Waals surface area (Å²) in [6.45, 7) is 0.700. The third-order valence-corrected chi connectivity index (χ3v) is 9.65. The number of ether oxygens (including phenoxy) is 3. The number of carbonyl (C=O) groups excluding carboxylic acids is 3. The number of anilines is 1. The van der Waals surface area contributed by atoms with E-state index in [-0.39, 0.29) is 73.7 Å². The largest absolute Gasteiger partial charge is 0.476 e. The number of carboxylic acids is 1. The number of nitrogen functional groups attached to an aromatic ring is 1. The number of aromatic nitrogens is 16. The number of fused-ring (bicyclic) bond motifs is 2. The molecule has 38 nitrogen and oxygen atoms in total. The summed E-state index contributed by atoms with van der Waals surface area (Å²) in [5.74, 6) is -3.02. The number of hydrogen-bond donors (Lipinski definition) is 8. The summed E-state index contributed by atoms with van der Waals surface area (Å²) < 4.78 is 18.9. The molecule has 0 aliphatic carbocycles.